The van der Waals surface area contributed by atoms with Crippen molar-refractivity contribution in [3.8, 4) is 0 Å². The number of aliphatic hydroxyl groups excluding tert-OH is 1. The van der Waals surface area contributed by atoms with Gasteiger partial charge in [-0.05, 0) is 40.0 Å². The van der Waals surface area contributed by atoms with Crippen molar-refractivity contribution in [2.75, 3.05) is 19.7 Å². The number of carbonyl (C=O) groups is 2. The normalized spacial score (nSPS) is 20.8. The summed E-state index contributed by atoms with van der Waals surface area (Å²) in [4.78, 5) is 25.6. The Morgan fingerprint density at radius 2 is 2.10 bits per heavy atom. The van der Waals surface area contributed by atoms with Gasteiger partial charge in [0, 0.05) is 6.54 Å². The van der Waals surface area contributed by atoms with Crippen LogP contribution in [0.2, 0.25) is 0 Å². The molecule has 1 rings (SSSR count). The maximum absolute atomic E-state index is 13.0. The first-order valence-corrected chi connectivity index (χ1v) is 7.27. The highest BCUT2D eigenvalue weighted by atomic mass is 19.1. The Bertz CT molecular complexity index is 370. The van der Waals surface area contributed by atoms with E-state index in [-0.39, 0.29) is 6.54 Å². The van der Waals surface area contributed by atoms with Crippen LogP contribution in [0.15, 0.2) is 0 Å². The third kappa shape index (κ3) is 5.87. The molecule has 0 aromatic carbocycles. The fourth-order valence-corrected chi connectivity index (χ4v) is 2.14. The number of rotatable bonds is 4. The average molecular weight is 304 g/mol. The second kappa shape index (κ2) is 7.59. The molecule has 6 nitrogen and oxygen atoms in total. The number of hydrogen-bond donors (Lipinski definition) is 2. The van der Waals surface area contributed by atoms with Crippen LogP contribution in [0, 0.1) is 0 Å². The molecule has 1 heterocycles. The van der Waals surface area contributed by atoms with Crippen molar-refractivity contribution in [3.05, 3.63) is 0 Å². The van der Waals surface area contributed by atoms with Crippen molar-refractivity contribution in [3.63, 3.8) is 0 Å². The molecule has 1 aliphatic rings. The zero-order valence-corrected chi connectivity index (χ0v) is 12.9. The van der Waals surface area contributed by atoms with Crippen molar-refractivity contribution in [2.24, 2.45) is 0 Å². The van der Waals surface area contributed by atoms with E-state index in [4.69, 9.17) is 9.84 Å². The van der Waals surface area contributed by atoms with E-state index in [1.807, 2.05) is 0 Å². The summed E-state index contributed by atoms with van der Waals surface area (Å²) in [5.41, 5.74) is -0.628. The van der Waals surface area contributed by atoms with E-state index in [0.29, 0.717) is 13.0 Å². The van der Waals surface area contributed by atoms with Crippen molar-refractivity contribution in [2.45, 2.75) is 57.8 Å². The van der Waals surface area contributed by atoms with Crippen molar-refractivity contribution in [1.82, 2.24) is 10.2 Å². The first-order valence-electron chi connectivity index (χ1n) is 7.27. The van der Waals surface area contributed by atoms with Crippen LogP contribution < -0.4 is 5.32 Å². The summed E-state index contributed by atoms with van der Waals surface area (Å²) in [6, 6.07) is -0.639. The quantitative estimate of drug-likeness (QED) is 0.818. The monoisotopic (exact) mass is 304 g/mol. The van der Waals surface area contributed by atoms with E-state index in [1.54, 1.807) is 20.8 Å². The highest BCUT2D eigenvalue weighted by Gasteiger charge is 2.34. The second-order valence-electron chi connectivity index (χ2n) is 6.21. The van der Waals surface area contributed by atoms with Crippen molar-refractivity contribution < 1.29 is 23.8 Å². The highest BCUT2D eigenvalue weighted by molar-refractivity contribution is 5.85. The molecule has 0 aromatic rings. The van der Waals surface area contributed by atoms with Gasteiger partial charge in [-0.2, -0.15) is 0 Å². The lowest BCUT2D eigenvalue weighted by Gasteiger charge is -2.35. The minimum absolute atomic E-state index is 0.256. The van der Waals surface area contributed by atoms with Gasteiger partial charge in [-0.3, -0.25) is 9.69 Å². The Morgan fingerprint density at radius 1 is 1.43 bits per heavy atom. The van der Waals surface area contributed by atoms with Gasteiger partial charge in [0.15, 0.2) is 0 Å². The first kappa shape index (κ1) is 17.7. The summed E-state index contributed by atoms with van der Waals surface area (Å²) in [5, 5.41) is 11.0. The maximum atomic E-state index is 13.0. The van der Waals surface area contributed by atoms with Crippen molar-refractivity contribution in [1.29, 1.82) is 0 Å². The third-order valence-corrected chi connectivity index (χ3v) is 3.13. The van der Waals surface area contributed by atoms with Gasteiger partial charge in [-0.1, -0.05) is 0 Å². The van der Waals surface area contributed by atoms with Crippen LogP contribution in [-0.4, -0.2) is 59.5 Å². The van der Waals surface area contributed by atoms with Crippen LogP contribution >= 0.6 is 0 Å². The molecule has 1 fully saturated rings. The molecule has 21 heavy (non-hydrogen) atoms. The lowest BCUT2D eigenvalue weighted by Crippen LogP contribution is -2.53. The zero-order valence-electron chi connectivity index (χ0n) is 12.9. The Hall–Kier alpha value is -1.37. The summed E-state index contributed by atoms with van der Waals surface area (Å²) in [5.74, 6) is -0.406. The number of halogens is 1. The zero-order chi connectivity index (χ0) is 16.0. The van der Waals surface area contributed by atoms with Gasteiger partial charge in [0.25, 0.3) is 0 Å². The number of ether oxygens (including phenoxy) is 1. The summed E-state index contributed by atoms with van der Waals surface area (Å²) in [6.45, 7) is 4.84. The number of alkyl halides is 1. The van der Waals surface area contributed by atoms with Gasteiger partial charge in [0.1, 0.15) is 17.8 Å². The Balaban J connectivity index is 2.64. The molecule has 1 saturated heterocycles. The number of piperidine rings is 1. The van der Waals surface area contributed by atoms with Crippen LogP contribution in [-0.2, 0) is 9.53 Å². The van der Waals surface area contributed by atoms with E-state index < -0.39 is 36.4 Å². The van der Waals surface area contributed by atoms with Gasteiger partial charge in [0.05, 0.1) is 13.2 Å². The molecule has 7 heteroatoms. The van der Waals surface area contributed by atoms with E-state index >= 15 is 0 Å². The van der Waals surface area contributed by atoms with Gasteiger partial charge in [-0.15, -0.1) is 0 Å². The van der Waals surface area contributed by atoms with Crippen LogP contribution in [0.4, 0.5) is 9.18 Å². The molecule has 122 valence electrons. The maximum Gasteiger partial charge on any atom is 0.410 e. The lowest BCUT2D eigenvalue weighted by molar-refractivity contribution is -0.127. The van der Waals surface area contributed by atoms with Crippen LogP contribution in [0.5, 0.6) is 0 Å². The van der Waals surface area contributed by atoms with E-state index in [0.717, 1.165) is 12.8 Å². The number of hydrogen-bond acceptors (Lipinski definition) is 4. The number of amides is 2. The molecule has 2 amide bonds. The smallest absolute Gasteiger partial charge is 0.410 e. The number of carbonyl (C=O) groups excluding carboxylic acids is 2. The standard InChI is InChI=1S/C14H25FN2O4/c1-14(2,3)21-13(20)17-7-5-4-6-11(17)12(19)16-8-10(15)9-18/h10-11,18H,4-9H2,1-3H3,(H,16,19). The van der Waals surface area contributed by atoms with Gasteiger partial charge in [0.2, 0.25) is 5.91 Å². The Labute approximate surface area is 124 Å². The van der Waals surface area contributed by atoms with Gasteiger partial charge >= 0.3 is 6.09 Å². The lowest BCUT2D eigenvalue weighted by atomic mass is 10.0. The molecule has 0 saturated carbocycles. The molecular weight excluding hydrogens is 279 g/mol. The van der Waals surface area contributed by atoms with Crippen molar-refractivity contribution >= 4 is 12.0 Å². The fraction of sp³-hybridized carbons (Fsp3) is 0.857. The summed E-state index contributed by atoms with van der Waals surface area (Å²) < 4.78 is 18.3. The summed E-state index contributed by atoms with van der Waals surface area (Å²) >= 11 is 0. The number of nitrogens with one attached hydrogen (secondary N) is 1. The van der Waals surface area contributed by atoms with E-state index in [1.165, 1.54) is 4.90 Å². The van der Waals surface area contributed by atoms with Gasteiger partial charge < -0.3 is 15.2 Å². The second-order valence-corrected chi connectivity index (χ2v) is 6.21. The van der Waals surface area contributed by atoms with Gasteiger partial charge in [-0.25, -0.2) is 9.18 Å². The number of nitrogens with zero attached hydrogens (tertiary/aromatic N) is 1. The molecule has 0 radical (unpaired) electrons. The molecule has 2 unspecified atom stereocenters. The summed E-state index contributed by atoms with van der Waals surface area (Å²) in [6.07, 6.45) is 0.150. The molecule has 2 N–H and O–H groups in total. The predicted molar refractivity (Wildman–Crippen MR) is 75.6 cm³/mol. The molecule has 1 aliphatic heterocycles. The minimum Gasteiger partial charge on any atom is -0.444 e. The topological polar surface area (TPSA) is 78.9 Å². The highest BCUT2D eigenvalue weighted by Crippen LogP contribution is 2.20. The molecule has 0 aromatic heterocycles. The van der Waals surface area contributed by atoms with Crippen LogP contribution in [0.3, 0.4) is 0 Å². The molecular formula is C14H25FN2O4. The Kier molecular flexibility index (Phi) is 6.39. The number of likely N-dealkylation sites (tertiary alicyclic amines) is 1. The van der Waals surface area contributed by atoms with E-state index in [2.05, 4.69) is 5.32 Å². The van der Waals surface area contributed by atoms with Crippen LogP contribution in [0.25, 0.3) is 0 Å². The molecule has 0 bridgehead atoms. The molecule has 0 aliphatic carbocycles. The number of aliphatic hydroxyl groups is 1. The van der Waals surface area contributed by atoms with Crippen LogP contribution in [0.1, 0.15) is 40.0 Å². The fourth-order valence-electron chi connectivity index (χ4n) is 2.14. The molecule has 2 atom stereocenters. The Morgan fingerprint density at radius 3 is 2.67 bits per heavy atom. The van der Waals surface area contributed by atoms with E-state index in [9.17, 15) is 14.0 Å². The molecule has 0 spiro atoms. The summed E-state index contributed by atoms with van der Waals surface area (Å²) in [7, 11) is 0. The largest absolute Gasteiger partial charge is 0.444 e. The first-order chi connectivity index (χ1) is 9.74. The third-order valence-electron chi connectivity index (χ3n) is 3.13. The predicted octanol–water partition coefficient (Wildman–Crippen LogP) is 1.22. The average Bonchev–Trinajstić information content (AvgIpc) is 2.42. The minimum atomic E-state index is -1.49. The SMILES string of the molecule is CC(C)(C)OC(=O)N1CCCCC1C(=O)NCC(F)CO.